The minimum Gasteiger partial charge on any atom is -0.490 e. The highest BCUT2D eigenvalue weighted by molar-refractivity contribution is 9.10. The molecular weight excluding hydrogens is 580 g/mol. The number of hydrogen-bond donors (Lipinski definition) is 2. The number of carbonyl (C=O) groups is 2. The van der Waals surface area contributed by atoms with Gasteiger partial charge in [-0.15, -0.1) is 0 Å². The summed E-state index contributed by atoms with van der Waals surface area (Å²) in [6, 6.07) is 18.5. The van der Waals surface area contributed by atoms with Crippen LogP contribution in [0.4, 0.5) is 0 Å². The molecule has 0 aliphatic heterocycles. The second kappa shape index (κ2) is 13.0. The number of amides is 2. The second-order valence-electron chi connectivity index (χ2n) is 8.71. The van der Waals surface area contributed by atoms with Gasteiger partial charge in [0.1, 0.15) is 18.1 Å². The molecular formula is C29H29BrN4O6. The van der Waals surface area contributed by atoms with E-state index < -0.39 is 11.8 Å². The van der Waals surface area contributed by atoms with Crippen LogP contribution in [0.2, 0.25) is 0 Å². The lowest BCUT2D eigenvalue weighted by Gasteiger charge is -2.12. The van der Waals surface area contributed by atoms with Crippen LogP contribution in [-0.4, -0.2) is 35.8 Å². The van der Waals surface area contributed by atoms with E-state index in [9.17, 15) is 9.59 Å². The van der Waals surface area contributed by atoms with Gasteiger partial charge in [-0.2, -0.15) is 5.10 Å². The molecule has 4 aromatic rings. The number of hydrazone groups is 1. The summed E-state index contributed by atoms with van der Waals surface area (Å²) in [6.07, 6.45) is 1.44. The van der Waals surface area contributed by atoms with E-state index in [1.807, 2.05) is 31.2 Å². The molecule has 0 unspecified atom stereocenters. The first-order valence-electron chi connectivity index (χ1n) is 12.4. The number of nitrogens with zero attached hydrogens (tertiary/aromatic N) is 2. The Bertz CT molecular complexity index is 1500. The van der Waals surface area contributed by atoms with Gasteiger partial charge in [0.25, 0.3) is 5.91 Å². The summed E-state index contributed by atoms with van der Waals surface area (Å²) in [5.74, 6) is 0.890. The number of primary amides is 1. The molecule has 208 valence electrons. The number of nitrogens with one attached hydrogen (secondary N) is 1. The number of furan rings is 1. The number of aryl methyl sites for hydroxylation is 2. The molecule has 0 spiro atoms. The van der Waals surface area contributed by atoms with Crippen LogP contribution in [0.3, 0.4) is 0 Å². The van der Waals surface area contributed by atoms with E-state index in [-0.39, 0.29) is 19.0 Å². The fourth-order valence-corrected chi connectivity index (χ4v) is 4.32. The molecule has 2 aromatic carbocycles. The standard InChI is InChI=1S/C29H29BrN4O6/c1-4-37-26-13-20(24(30)14-27(26)39-17-28(31)35)15-32-33-29(36)25-12-11-23(40-25)16-38-22-9-7-21(8-10-22)34-18(2)5-6-19(34)3/h5-15H,4,16-17H2,1-3H3,(H2,31,35)(H,33,36)/b32-15+. The van der Waals surface area contributed by atoms with E-state index in [2.05, 4.69) is 57.0 Å². The van der Waals surface area contributed by atoms with E-state index in [1.54, 1.807) is 24.3 Å². The number of nitrogens with two attached hydrogens (primary N) is 1. The molecule has 4 rings (SSSR count). The zero-order valence-corrected chi connectivity index (χ0v) is 23.9. The van der Waals surface area contributed by atoms with Crippen LogP contribution < -0.4 is 25.4 Å². The highest BCUT2D eigenvalue weighted by Crippen LogP contribution is 2.33. The Morgan fingerprint density at radius 2 is 1.70 bits per heavy atom. The highest BCUT2D eigenvalue weighted by Gasteiger charge is 2.13. The summed E-state index contributed by atoms with van der Waals surface area (Å²) in [5, 5.41) is 4.01. The Labute approximate surface area is 239 Å². The maximum absolute atomic E-state index is 12.5. The van der Waals surface area contributed by atoms with Crippen LogP contribution in [0.1, 0.15) is 40.2 Å². The van der Waals surface area contributed by atoms with Crippen LogP contribution in [0.5, 0.6) is 17.2 Å². The van der Waals surface area contributed by atoms with Gasteiger partial charge >= 0.3 is 5.91 Å². The summed E-state index contributed by atoms with van der Waals surface area (Å²) in [6.45, 7) is 6.20. The maximum Gasteiger partial charge on any atom is 0.307 e. The van der Waals surface area contributed by atoms with Gasteiger partial charge in [-0.1, -0.05) is 0 Å². The van der Waals surface area contributed by atoms with Crippen molar-refractivity contribution in [3.63, 3.8) is 0 Å². The molecule has 0 fully saturated rings. The normalized spacial score (nSPS) is 11.0. The van der Waals surface area contributed by atoms with Crippen LogP contribution in [0.25, 0.3) is 5.69 Å². The zero-order chi connectivity index (χ0) is 28.6. The molecule has 0 atom stereocenters. The van der Waals surface area contributed by atoms with Crippen molar-refractivity contribution in [1.29, 1.82) is 0 Å². The molecule has 11 heteroatoms. The second-order valence-corrected chi connectivity index (χ2v) is 9.56. The predicted molar refractivity (Wildman–Crippen MR) is 153 cm³/mol. The quantitative estimate of drug-likeness (QED) is 0.171. The smallest absolute Gasteiger partial charge is 0.307 e. The third kappa shape index (κ3) is 7.11. The van der Waals surface area contributed by atoms with E-state index in [0.29, 0.717) is 39.7 Å². The maximum atomic E-state index is 12.5. The Kier molecular flexibility index (Phi) is 9.28. The lowest BCUT2D eigenvalue weighted by Crippen LogP contribution is -2.20. The topological polar surface area (TPSA) is 130 Å². The molecule has 0 bridgehead atoms. The first-order chi connectivity index (χ1) is 19.2. The number of hydrogen-bond acceptors (Lipinski definition) is 7. The zero-order valence-electron chi connectivity index (χ0n) is 22.3. The summed E-state index contributed by atoms with van der Waals surface area (Å²) >= 11 is 3.42. The first kappa shape index (κ1) is 28.5. The minimum absolute atomic E-state index is 0.0916. The van der Waals surface area contributed by atoms with Crippen molar-refractivity contribution in [3.05, 3.63) is 93.6 Å². The van der Waals surface area contributed by atoms with Crippen molar-refractivity contribution in [1.82, 2.24) is 9.99 Å². The van der Waals surface area contributed by atoms with Gasteiger partial charge in [0.15, 0.2) is 23.9 Å². The van der Waals surface area contributed by atoms with Crippen molar-refractivity contribution in [2.45, 2.75) is 27.4 Å². The van der Waals surface area contributed by atoms with Crippen LogP contribution in [0, 0.1) is 13.8 Å². The molecule has 3 N–H and O–H groups in total. The first-order valence-corrected chi connectivity index (χ1v) is 13.2. The van der Waals surface area contributed by atoms with E-state index in [4.69, 9.17) is 24.4 Å². The van der Waals surface area contributed by atoms with Crippen molar-refractivity contribution in [2.24, 2.45) is 10.8 Å². The predicted octanol–water partition coefficient (Wildman–Crippen LogP) is 5.06. The SMILES string of the molecule is CCOc1cc(/C=N/NC(=O)c2ccc(COc3ccc(-n4c(C)ccc4C)cc3)o2)c(Br)cc1OCC(N)=O. The molecule has 2 amide bonds. The number of halogens is 1. The number of ether oxygens (including phenoxy) is 3. The minimum atomic E-state index is -0.605. The Hall–Kier alpha value is -4.51. The monoisotopic (exact) mass is 608 g/mol. The summed E-state index contributed by atoms with van der Waals surface area (Å²) < 4.78 is 25.2. The van der Waals surface area contributed by atoms with Gasteiger partial charge in [-0.05, 0) is 97.4 Å². The third-order valence-electron chi connectivity index (χ3n) is 5.74. The van der Waals surface area contributed by atoms with Gasteiger partial charge in [0.05, 0.1) is 12.8 Å². The Balaban J connectivity index is 1.33. The molecule has 0 saturated carbocycles. The lowest BCUT2D eigenvalue weighted by molar-refractivity contribution is -0.119. The number of aromatic nitrogens is 1. The van der Waals surface area contributed by atoms with E-state index in [0.717, 1.165) is 17.1 Å². The fourth-order valence-electron chi connectivity index (χ4n) is 3.89. The van der Waals surface area contributed by atoms with Crippen molar-refractivity contribution in [2.75, 3.05) is 13.2 Å². The molecule has 0 aliphatic rings. The lowest BCUT2D eigenvalue weighted by atomic mass is 10.2. The van der Waals surface area contributed by atoms with Gasteiger partial charge < -0.3 is 28.9 Å². The number of rotatable bonds is 12. The third-order valence-corrected chi connectivity index (χ3v) is 6.42. The average molecular weight is 609 g/mol. The largest absolute Gasteiger partial charge is 0.490 e. The van der Waals surface area contributed by atoms with E-state index >= 15 is 0 Å². The van der Waals surface area contributed by atoms with Crippen LogP contribution in [-0.2, 0) is 11.4 Å². The van der Waals surface area contributed by atoms with Crippen molar-refractivity contribution in [3.8, 4) is 22.9 Å². The number of carbonyl (C=O) groups excluding carboxylic acids is 2. The summed E-state index contributed by atoms with van der Waals surface area (Å²) in [4.78, 5) is 23.6. The van der Waals surface area contributed by atoms with Gasteiger partial charge in [-0.3, -0.25) is 9.59 Å². The Morgan fingerprint density at radius 3 is 2.38 bits per heavy atom. The molecule has 2 heterocycles. The van der Waals surface area contributed by atoms with Crippen molar-refractivity contribution >= 4 is 34.0 Å². The Morgan fingerprint density at radius 1 is 1.00 bits per heavy atom. The van der Waals surface area contributed by atoms with Crippen LogP contribution >= 0.6 is 15.9 Å². The molecule has 0 saturated heterocycles. The average Bonchev–Trinajstić information content (AvgIpc) is 3.54. The van der Waals surface area contributed by atoms with Crippen LogP contribution in [0.15, 0.2) is 74.7 Å². The fraction of sp³-hybridized carbons (Fsp3) is 0.207. The molecule has 0 aliphatic carbocycles. The highest BCUT2D eigenvalue weighted by atomic mass is 79.9. The summed E-state index contributed by atoms with van der Waals surface area (Å²) in [7, 11) is 0. The van der Waals surface area contributed by atoms with Gasteiger partial charge in [0.2, 0.25) is 0 Å². The van der Waals surface area contributed by atoms with Gasteiger partial charge in [-0.25, -0.2) is 5.43 Å². The number of benzene rings is 2. The van der Waals surface area contributed by atoms with Gasteiger partial charge in [0, 0.05) is 27.1 Å². The molecule has 10 nitrogen and oxygen atoms in total. The molecule has 0 radical (unpaired) electrons. The summed E-state index contributed by atoms with van der Waals surface area (Å²) in [5.41, 5.74) is 11.6. The van der Waals surface area contributed by atoms with E-state index in [1.165, 1.54) is 6.21 Å². The molecule has 40 heavy (non-hydrogen) atoms. The molecule has 2 aromatic heterocycles. The van der Waals surface area contributed by atoms with Crippen molar-refractivity contribution < 1.29 is 28.2 Å².